The number of aromatic hydroxyl groups is 3. The molecule has 32 heavy (non-hydrogen) atoms. The Labute approximate surface area is 179 Å². The van der Waals surface area contributed by atoms with Gasteiger partial charge in [-0.3, -0.25) is 4.79 Å². The van der Waals surface area contributed by atoms with Gasteiger partial charge in [0.15, 0.2) is 28.4 Å². The molecule has 170 valence electrons. The molecule has 1 aliphatic carbocycles. The van der Waals surface area contributed by atoms with Gasteiger partial charge in [-0.05, 0) is 24.3 Å². The van der Waals surface area contributed by atoms with Crippen LogP contribution in [0.3, 0.4) is 0 Å². The highest BCUT2D eigenvalue weighted by Gasteiger charge is 2.45. The van der Waals surface area contributed by atoms with E-state index in [1.807, 2.05) is 0 Å². The maximum Gasteiger partial charge on any atom is 0.229 e. The molecule has 1 saturated heterocycles. The van der Waals surface area contributed by atoms with E-state index in [9.17, 15) is 40.5 Å². The molecule has 0 spiro atoms. The number of ether oxygens (including phenoxy) is 2. The van der Waals surface area contributed by atoms with Crippen molar-refractivity contribution in [1.82, 2.24) is 0 Å². The summed E-state index contributed by atoms with van der Waals surface area (Å²) < 4.78 is 16.8. The summed E-state index contributed by atoms with van der Waals surface area (Å²) >= 11 is 0. The Morgan fingerprint density at radius 3 is 2.31 bits per heavy atom. The first-order chi connectivity index (χ1) is 15.2. The summed E-state index contributed by atoms with van der Waals surface area (Å²) in [5.74, 6) is -1.51. The lowest BCUT2D eigenvalue weighted by Gasteiger charge is -2.39. The third-order valence-corrected chi connectivity index (χ3v) is 5.13. The quantitative estimate of drug-likeness (QED) is 0.260. The number of benzene rings is 2. The standard InChI is InChI=1S/C21H20O11/c22-7-16-17(27)18(28)19(29)21(32-16)31-15-6-10-12(25)4-9(23)5-14(10)30-20(15)8-1-2-11(24)13(26)3-8/h1-6,16-19,21-22,24-29H,7H2/t16-,17+,18+,19-,21?/m1/s1. The van der Waals surface area contributed by atoms with E-state index in [0.717, 1.165) is 18.2 Å². The van der Waals surface area contributed by atoms with Gasteiger partial charge in [-0.15, -0.1) is 0 Å². The van der Waals surface area contributed by atoms with E-state index in [2.05, 4.69) is 0 Å². The van der Waals surface area contributed by atoms with Crippen molar-refractivity contribution in [1.29, 1.82) is 0 Å². The first kappa shape index (κ1) is 21.9. The molecule has 7 N–H and O–H groups in total. The second-order valence-corrected chi connectivity index (χ2v) is 7.31. The Morgan fingerprint density at radius 2 is 1.62 bits per heavy atom. The summed E-state index contributed by atoms with van der Waals surface area (Å²) in [6, 6.07) is 7.08. The minimum absolute atomic E-state index is 0.0151. The summed E-state index contributed by atoms with van der Waals surface area (Å²) in [6.07, 6.45) is -7.80. The SMILES string of the molecule is O=c1cc2oc(-c3ccc(O)c(O)c3)c(OC3O[C@H](CO)[C@H](O)[C@H](O)[C@H]3O)cc-2c(O)c1. The smallest absolute Gasteiger partial charge is 0.229 e. The van der Waals surface area contributed by atoms with Gasteiger partial charge in [-0.1, -0.05) is 0 Å². The molecule has 4 rings (SSSR count). The van der Waals surface area contributed by atoms with Crippen molar-refractivity contribution in [3.63, 3.8) is 0 Å². The van der Waals surface area contributed by atoms with Crippen LogP contribution in [-0.4, -0.2) is 73.1 Å². The molecule has 11 heteroatoms. The van der Waals surface area contributed by atoms with Gasteiger partial charge in [0.1, 0.15) is 35.9 Å². The van der Waals surface area contributed by atoms with E-state index in [-0.39, 0.29) is 28.4 Å². The Morgan fingerprint density at radius 1 is 0.875 bits per heavy atom. The molecule has 1 aromatic rings. The summed E-state index contributed by atoms with van der Waals surface area (Å²) in [7, 11) is 0. The van der Waals surface area contributed by atoms with Crippen LogP contribution in [0, 0.1) is 0 Å². The fraction of sp³-hybridized carbons (Fsp3) is 0.286. The molecule has 1 fully saturated rings. The number of fused-ring (bicyclic) bond motifs is 1. The molecule has 0 saturated carbocycles. The molecule has 2 aliphatic heterocycles. The summed E-state index contributed by atoms with van der Waals surface area (Å²) in [6.45, 7) is -0.668. The van der Waals surface area contributed by atoms with Gasteiger partial charge in [0, 0.05) is 17.7 Å². The van der Waals surface area contributed by atoms with Crippen molar-refractivity contribution in [2.24, 2.45) is 0 Å². The van der Waals surface area contributed by atoms with E-state index in [1.54, 1.807) is 0 Å². The summed E-state index contributed by atoms with van der Waals surface area (Å²) in [5, 5.41) is 69.3. The fourth-order valence-corrected chi connectivity index (χ4v) is 3.42. The molecule has 0 radical (unpaired) electrons. The average molecular weight is 448 g/mol. The molecular weight excluding hydrogens is 428 g/mol. The maximum atomic E-state index is 11.8. The van der Waals surface area contributed by atoms with Gasteiger partial charge >= 0.3 is 0 Å². The zero-order chi connectivity index (χ0) is 23.2. The zero-order valence-corrected chi connectivity index (χ0v) is 16.3. The highest BCUT2D eigenvalue weighted by Crippen LogP contribution is 2.43. The van der Waals surface area contributed by atoms with Gasteiger partial charge in [0.05, 0.1) is 12.2 Å². The molecular formula is C21H20O11. The monoisotopic (exact) mass is 448 g/mol. The molecule has 2 heterocycles. The van der Waals surface area contributed by atoms with E-state index < -0.39 is 60.0 Å². The largest absolute Gasteiger partial charge is 0.507 e. The second kappa shape index (κ2) is 8.30. The van der Waals surface area contributed by atoms with Crippen LogP contribution in [0.1, 0.15) is 0 Å². The number of hydrogen-bond donors (Lipinski definition) is 7. The number of aliphatic hydroxyl groups excluding tert-OH is 4. The normalized spacial score (nSPS) is 25.7. The van der Waals surface area contributed by atoms with Crippen LogP contribution in [0.5, 0.6) is 23.0 Å². The first-order valence-corrected chi connectivity index (χ1v) is 9.50. The van der Waals surface area contributed by atoms with Crippen molar-refractivity contribution in [2.45, 2.75) is 30.7 Å². The summed E-state index contributed by atoms with van der Waals surface area (Å²) in [5.41, 5.74) is -0.255. The van der Waals surface area contributed by atoms with E-state index in [4.69, 9.17) is 13.9 Å². The Kier molecular flexibility index (Phi) is 5.67. The zero-order valence-electron chi connectivity index (χ0n) is 16.3. The van der Waals surface area contributed by atoms with E-state index >= 15 is 0 Å². The van der Waals surface area contributed by atoms with Crippen molar-refractivity contribution in [3.05, 3.63) is 46.6 Å². The van der Waals surface area contributed by atoms with Crippen molar-refractivity contribution < 1.29 is 49.6 Å². The van der Waals surface area contributed by atoms with Crippen molar-refractivity contribution in [3.8, 4) is 45.6 Å². The first-order valence-electron chi connectivity index (χ1n) is 9.50. The molecule has 0 bridgehead atoms. The fourth-order valence-electron chi connectivity index (χ4n) is 3.42. The predicted molar refractivity (Wildman–Crippen MR) is 106 cm³/mol. The minimum Gasteiger partial charge on any atom is -0.507 e. The molecule has 0 amide bonds. The number of phenolic OH excluding ortho intramolecular Hbond substituents is 3. The van der Waals surface area contributed by atoms with Crippen LogP contribution in [-0.2, 0) is 4.74 Å². The lowest BCUT2D eigenvalue weighted by Crippen LogP contribution is -2.60. The number of aliphatic hydroxyl groups is 4. The highest BCUT2D eigenvalue weighted by atomic mass is 16.7. The van der Waals surface area contributed by atoms with Gasteiger partial charge in [0.25, 0.3) is 0 Å². The summed E-state index contributed by atoms with van der Waals surface area (Å²) in [4.78, 5) is 11.8. The van der Waals surface area contributed by atoms with Crippen molar-refractivity contribution in [2.75, 3.05) is 6.61 Å². The van der Waals surface area contributed by atoms with Crippen LogP contribution in [0.2, 0.25) is 0 Å². The van der Waals surface area contributed by atoms with Crippen LogP contribution >= 0.6 is 0 Å². The van der Waals surface area contributed by atoms with Crippen LogP contribution in [0.25, 0.3) is 22.6 Å². The predicted octanol–water partition coefficient (Wildman–Crippen LogP) is -0.293. The van der Waals surface area contributed by atoms with Gasteiger partial charge in [-0.25, -0.2) is 0 Å². The molecule has 11 nitrogen and oxygen atoms in total. The van der Waals surface area contributed by atoms with Gasteiger partial charge < -0.3 is 49.6 Å². The lowest BCUT2D eigenvalue weighted by molar-refractivity contribution is -0.277. The number of rotatable bonds is 4. The molecule has 0 aromatic heterocycles. The van der Waals surface area contributed by atoms with E-state index in [1.165, 1.54) is 18.2 Å². The van der Waals surface area contributed by atoms with Crippen LogP contribution in [0.4, 0.5) is 0 Å². The van der Waals surface area contributed by atoms with Crippen molar-refractivity contribution >= 4 is 0 Å². The Hall–Kier alpha value is -3.35. The Balaban J connectivity index is 1.84. The maximum absolute atomic E-state index is 11.8. The van der Waals surface area contributed by atoms with Crippen LogP contribution in [0.15, 0.2) is 45.6 Å². The average Bonchev–Trinajstić information content (AvgIpc) is 2.76. The number of hydrogen-bond acceptors (Lipinski definition) is 11. The Bertz CT molecular complexity index is 1150. The third kappa shape index (κ3) is 3.83. The minimum atomic E-state index is -1.72. The molecule has 1 aromatic carbocycles. The highest BCUT2D eigenvalue weighted by molar-refractivity contribution is 5.75. The second-order valence-electron chi connectivity index (χ2n) is 7.31. The third-order valence-electron chi connectivity index (χ3n) is 5.13. The molecule has 3 aliphatic rings. The molecule has 1 unspecified atom stereocenters. The van der Waals surface area contributed by atoms with Gasteiger partial charge in [0.2, 0.25) is 6.29 Å². The molecule has 5 atom stereocenters. The van der Waals surface area contributed by atoms with Crippen LogP contribution < -0.4 is 10.2 Å². The topological polar surface area (TPSA) is 190 Å². The van der Waals surface area contributed by atoms with Gasteiger partial charge in [-0.2, -0.15) is 0 Å². The number of phenols is 3. The lowest BCUT2D eigenvalue weighted by atomic mass is 9.99. The van der Waals surface area contributed by atoms with E-state index in [0.29, 0.717) is 0 Å².